The van der Waals surface area contributed by atoms with Gasteiger partial charge >= 0.3 is 0 Å². The zero-order chi connectivity index (χ0) is 22.6. The molecule has 0 aromatic heterocycles. The third-order valence-corrected chi connectivity index (χ3v) is 4.75. The van der Waals surface area contributed by atoms with Crippen LogP contribution in [0, 0.1) is 5.82 Å². The number of halogens is 1. The molecule has 0 aliphatic heterocycles. The van der Waals surface area contributed by atoms with Crippen molar-refractivity contribution in [2.45, 2.75) is 19.4 Å². The summed E-state index contributed by atoms with van der Waals surface area (Å²) in [6, 6.07) is 20.3. The van der Waals surface area contributed by atoms with E-state index in [1.807, 2.05) is 24.3 Å². The molecule has 3 aromatic rings. The van der Waals surface area contributed by atoms with Gasteiger partial charge in [-0.25, -0.2) is 4.39 Å². The van der Waals surface area contributed by atoms with E-state index in [9.17, 15) is 14.0 Å². The van der Waals surface area contributed by atoms with Crippen molar-refractivity contribution in [2.75, 3.05) is 19.4 Å². The Morgan fingerprint density at radius 3 is 1.87 bits per heavy atom. The summed E-state index contributed by atoms with van der Waals surface area (Å²) in [4.78, 5) is 26.2. The Balaban J connectivity index is 1.66. The van der Waals surface area contributed by atoms with Crippen LogP contribution in [0.3, 0.4) is 0 Å². The second-order valence-electron chi connectivity index (χ2n) is 7.87. The van der Waals surface area contributed by atoms with Gasteiger partial charge in [-0.3, -0.25) is 9.59 Å². The molecule has 160 valence electrons. The number of benzene rings is 3. The second-order valence-corrected chi connectivity index (χ2v) is 7.87. The number of hydrogen-bond donors (Lipinski definition) is 1. The molecule has 0 aliphatic carbocycles. The molecule has 0 spiro atoms. The van der Waals surface area contributed by atoms with Gasteiger partial charge in [0.2, 0.25) is 0 Å². The van der Waals surface area contributed by atoms with Gasteiger partial charge in [0.15, 0.2) is 5.60 Å². The standard InChI is InChI=1S/C25H25FN2O3/c1-25(2,31-22-15-11-20(26)12-16-22)24(30)27-21-13-9-18(10-14-21)17-5-7-19(8-6-17)23(29)28(3)4/h5-16H,1-4H3,(H,27,30). The fourth-order valence-corrected chi connectivity index (χ4v) is 2.93. The Morgan fingerprint density at radius 2 is 1.35 bits per heavy atom. The van der Waals surface area contributed by atoms with Crippen LogP contribution in [0.1, 0.15) is 24.2 Å². The average molecular weight is 420 g/mol. The first-order valence-electron chi connectivity index (χ1n) is 9.84. The first kappa shape index (κ1) is 22.0. The molecule has 0 bridgehead atoms. The number of carbonyl (C=O) groups excluding carboxylic acids is 2. The van der Waals surface area contributed by atoms with Crippen molar-refractivity contribution in [3.63, 3.8) is 0 Å². The van der Waals surface area contributed by atoms with Crippen LogP contribution in [-0.4, -0.2) is 36.4 Å². The molecule has 6 heteroatoms. The van der Waals surface area contributed by atoms with Gasteiger partial charge in [-0.15, -0.1) is 0 Å². The monoisotopic (exact) mass is 420 g/mol. The molecular weight excluding hydrogens is 395 g/mol. The molecule has 0 aliphatic rings. The minimum Gasteiger partial charge on any atom is -0.478 e. The number of rotatable bonds is 6. The molecule has 0 saturated carbocycles. The van der Waals surface area contributed by atoms with Gasteiger partial charge in [-0.05, 0) is 73.5 Å². The van der Waals surface area contributed by atoms with Crippen molar-refractivity contribution in [3.8, 4) is 16.9 Å². The zero-order valence-corrected chi connectivity index (χ0v) is 18.0. The van der Waals surface area contributed by atoms with Crippen LogP contribution in [0.15, 0.2) is 72.8 Å². The molecule has 2 amide bonds. The molecule has 0 unspecified atom stereocenters. The van der Waals surface area contributed by atoms with Crippen LogP contribution >= 0.6 is 0 Å². The Labute approximate surface area is 181 Å². The smallest absolute Gasteiger partial charge is 0.267 e. The van der Waals surface area contributed by atoms with Gasteiger partial charge in [0.05, 0.1) is 0 Å². The summed E-state index contributed by atoms with van der Waals surface area (Å²) in [5.74, 6) is -0.326. The molecule has 0 atom stereocenters. The summed E-state index contributed by atoms with van der Waals surface area (Å²) in [5.41, 5.74) is 2.03. The van der Waals surface area contributed by atoms with Crippen LogP contribution in [0.25, 0.3) is 11.1 Å². The van der Waals surface area contributed by atoms with E-state index in [1.165, 1.54) is 29.2 Å². The van der Waals surface area contributed by atoms with Crippen molar-refractivity contribution in [2.24, 2.45) is 0 Å². The summed E-state index contributed by atoms with van der Waals surface area (Å²) in [6.07, 6.45) is 0. The van der Waals surface area contributed by atoms with Crippen molar-refractivity contribution < 1.29 is 18.7 Å². The van der Waals surface area contributed by atoms with Gasteiger partial charge < -0.3 is 15.0 Å². The Hall–Kier alpha value is -3.67. The second kappa shape index (κ2) is 9.00. The minimum atomic E-state index is -1.15. The topological polar surface area (TPSA) is 58.6 Å². The molecule has 0 heterocycles. The Kier molecular flexibility index (Phi) is 6.39. The summed E-state index contributed by atoms with van der Waals surface area (Å²) in [6.45, 7) is 3.30. The molecule has 5 nitrogen and oxygen atoms in total. The van der Waals surface area contributed by atoms with Crippen molar-refractivity contribution in [1.82, 2.24) is 4.90 Å². The highest BCUT2D eigenvalue weighted by Gasteiger charge is 2.30. The fraction of sp³-hybridized carbons (Fsp3) is 0.200. The third-order valence-electron chi connectivity index (χ3n) is 4.75. The lowest BCUT2D eigenvalue weighted by Crippen LogP contribution is -2.42. The van der Waals surface area contributed by atoms with Gasteiger partial charge in [-0.1, -0.05) is 24.3 Å². The predicted octanol–water partition coefficient (Wildman–Crippen LogP) is 4.99. The average Bonchev–Trinajstić information content (AvgIpc) is 2.75. The van der Waals surface area contributed by atoms with Crippen molar-refractivity contribution >= 4 is 17.5 Å². The lowest BCUT2D eigenvalue weighted by Gasteiger charge is -2.25. The molecule has 3 aromatic carbocycles. The van der Waals surface area contributed by atoms with Gasteiger partial charge in [0.1, 0.15) is 11.6 Å². The molecule has 1 N–H and O–H groups in total. The maximum atomic E-state index is 13.1. The third kappa shape index (κ3) is 5.48. The van der Waals surface area contributed by atoms with E-state index in [2.05, 4.69) is 5.32 Å². The molecule has 0 saturated heterocycles. The van der Waals surface area contributed by atoms with E-state index >= 15 is 0 Å². The van der Waals surface area contributed by atoms with Gasteiger partial charge in [-0.2, -0.15) is 0 Å². The first-order valence-corrected chi connectivity index (χ1v) is 9.84. The van der Waals surface area contributed by atoms with E-state index in [-0.39, 0.29) is 17.6 Å². The van der Waals surface area contributed by atoms with E-state index in [0.29, 0.717) is 17.0 Å². The highest BCUT2D eigenvalue weighted by atomic mass is 19.1. The molecule has 0 radical (unpaired) electrons. The summed E-state index contributed by atoms with van der Waals surface area (Å²) in [5, 5.41) is 2.84. The number of amides is 2. The quantitative estimate of drug-likeness (QED) is 0.611. The van der Waals surface area contributed by atoms with E-state index in [1.54, 1.807) is 52.2 Å². The summed E-state index contributed by atoms with van der Waals surface area (Å²) in [7, 11) is 3.44. The first-order chi connectivity index (χ1) is 14.7. The molecule has 3 rings (SSSR count). The van der Waals surface area contributed by atoms with Crippen LogP contribution in [-0.2, 0) is 4.79 Å². The lowest BCUT2D eigenvalue weighted by molar-refractivity contribution is -0.128. The van der Waals surface area contributed by atoms with Crippen LogP contribution < -0.4 is 10.1 Å². The largest absolute Gasteiger partial charge is 0.478 e. The summed E-state index contributed by atoms with van der Waals surface area (Å²) < 4.78 is 18.8. The number of carbonyl (C=O) groups is 2. The number of anilines is 1. The molecule has 31 heavy (non-hydrogen) atoms. The summed E-state index contributed by atoms with van der Waals surface area (Å²) >= 11 is 0. The zero-order valence-electron chi connectivity index (χ0n) is 18.0. The number of ether oxygens (including phenoxy) is 1. The van der Waals surface area contributed by atoms with Crippen LogP contribution in [0.4, 0.5) is 10.1 Å². The number of nitrogens with one attached hydrogen (secondary N) is 1. The van der Waals surface area contributed by atoms with Crippen molar-refractivity contribution in [3.05, 3.63) is 84.2 Å². The molecule has 0 fully saturated rings. The van der Waals surface area contributed by atoms with Crippen molar-refractivity contribution in [1.29, 1.82) is 0 Å². The Bertz CT molecular complexity index is 1060. The number of hydrogen-bond acceptors (Lipinski definition) is 3. The lowest BCUT2D eigenvalue weighted by atomic mass is 10.0. The maximum absolute atomic E-state index is 13.1. The normalized spacial score (nSPS) is 11.0. The molecular formula is C25H25FN2O3. The van der Waals surface area contributed by atoms with E-state index in [4.69, 9.17) is 4.74 Å². The Morgan fingerprint density at radius 1 is 0.839 bits per heavy atom. The van der Waals surface area contributed by atoms with Crippen LogP contribution in [0.5, 0.6) is 5.75 Å². The number of nitrogens with zero attached hydrogens (tertiary/aromatic N) is 1. The van der Waals surface area contributed by atoms with Gasteiger partial charge in [0, 0.05) is 25.3 Å². The van der Waals surface area contributed by atoms with E-state index in [0.717, 1.165) is 11.1 Å². The minimum absolute atomic E-state index is 0.0462. The highest BCUT2D eigenvalue weighted by molar-refractivity contribution is 5.97. The van der Waals surface area contributed by atoms with Crippen LogP contribution in [0.2, 0.25) is 0 Å². The highest BCUT2D eigenvalue weighted by Crippen LogP contribution is 2.24. The van der Waals surface area contributed by atoms with Gasteiger partial charge in [0.25, 0.3) is 11.8 Å². The fourth-order valence-electron chi connectivity index (χ4n) is 2.93. The predicted molar refractivity (Wildman–Crippen MR) is 120 cm³/mol. The maximum Gasteiger partial charge on any atom is 0.267 e. The SMILES string of the molecule is CN(C)C(=O)c1ccc(-c2ccc(NC(=O)C(C)(C)Oc3ccc(F)cc3)cc2)cc1. The van der Waals surface area contributed by atoms with E-state index < -0.39 is 5.60 Å².